The van der Waals surface area contributed by atoms with Crippen molar-refractivity contribution in [1.82, 2.24) is 0 Å². The van der Waals surface area contributed by atoms with E-state index in [0.29, 0.717) is 37.0 Å². The highest BCUT2D eigenvalue weighted by molar-refractivity contribution is 5.93. The van der Waals surface area contributed by atoms with Crippen molar-refractivity contribution < 1.29 is 41.4 Å². The van der Waals surface area contributed by atoms with Gasteiger partial charge in [0.15, 0.2) is 5.78 Å². The molecule has 0 amide bonds. The van der Waals surface area contributed by atoms with Crippen LogP contribution in [0.15, 0.2) is 47.1 Å². The van der Waals surface area contributed by atoms with Gasteiger partial charge in [-0.25, -0.2) is 0 Å². The predicted octanol–water partition coefficient (Wildman–Crippen LogP) is 6.44. The van der Waals surface area contributed by atoms with Crippen LogP contribution in [0.5, 0.6) is 5.75 Å². The Morgan fingerprint density at radius 1 is 1.05 bits per heavy atom. The summed E-state index contributed by atoms with van der Waals surface area (Å²) in [7, 11) is 0. The lowest BCUT2D eigenvalue weighted by Crippen LogP contribution is -2.65. The second kappa shape index (κ2) is 8.48. The van der Waals surface area contributed by atoms with Gasteiger partial charge in [-0.05, 0) is 85.3 Å². The number of rotatable bonds is 3. The zero-order valence-corrected chi connectivity index (χ0v) is 20.6. The summed E-state index contributed by atoms with van der Waals surface area (Å²) in [5.74, 6) is -6.82. The van der Waals surface area contributed by atoms with Gasteiger partial charge in [0.05, 0.1) is 0 Å². The summed E-state index contributed by atoms with van der Waals surface area (Å²) in [6, 6.07) is 6.53. The van der Waals surface area contributed by atoms with Gasteiger partial charge in [-0.2, -0.15) is 22.0 Å². The molecule has 5 rings (SSSR count). The average Bonchev–Trinajstić information content (AvgIpc) is 3.09. The van der Waals surface area contributed by atoms with Crippen molar-refractivity contribution in [2.24, 2.45) is 17.3 Å². The second-order valence-corrected chi connectivity index (χ2v) is 11.1. The number of hydrogen-bond acceptors (Lipinski definition) is 4. The molecule has 1 aromatic rings. The molecule has 0 unspecified atom stereocenters. The van der Waals surface area contributed by atoms with E-state index in [1.54, 1.807) is 30.3 Å². The quantitative estimate of drug-likeness (QED) is 0.281. The van der Waals surface area contributed by atoms with E-state index in [2.05, 4.69) is 0 Å². The molecule has 0 aliphatic heterocycles. The predicted molar refractivity (Wildman–Crippen MR) is 124 cm³/mol. The van der Waals surface area contributed by atoms with Gasteiger partial charge in [-0.1, -0.05) is 24.6 Å². The third-order valence-corrected chi connectivity index (χ3v) is 9.31. The number of halogens is 5. The van der Waals surface area contributed by atoms with Gasteiger partial charge in [-0.3, -0.25) is 9.59 Å². The summed E-state index contributed by atoms with van der Waals surface area (Å²) >= 11 is 0. The molecule has 4 aliphatic rings. The summed E-state index contributed by atoms with van der Waals surface area (Å²) in [5.41, 5.74) is -1.34. The Labute approximate surface area is 211 Å². The summed E-state index contributed by atoms with van der Waals surface area (Å²) in [6.45, 7) is 2.65. The maximum absolute atomic E-state index is 15.0. The zero-order valence-electron chi connectivity index (χ0n) is 20.6. The van der Waals surface area contributed by atoms with E-state index >= 15 is 0 Å². The number of esters is 1. The van der Waals surface area contributed by atoms with E-state index in [1.165, 1.54) is 13.8 Å². The SMILES string of the molecule is CC(=O)Oc1ccc([C@H]2C[C@@]3(C)[C@@H](CC[C@@]3(O)C(F)(F)C(F)(F)F)[C@@H]3CCC4=CC(=O)CCC4=C32)cc1. The van der Waals surface area contributed by atoms with Crippen LogP contribution < -0.4 is 4.74 Å². The number of fused-ring (bicyclic) bond motifs is 4. The third-order valence-electron chi connectivity index (χ3n) is 9.31. The van der Waals surface area contributed by atoms with Gasteiger partial charge in [0.2, 0.25) is 0 Å². The van der Waals surface area contributed by atoms with Crippen molar-refractivity contribution in [3.8, 4) is 5.75 Å². The maximum atomic E-state index is 15.0. The minimum atomic E-state index is -5.88. The molecule has 2 saturated carbocycles. The van der Waals surface area contributed by atoms with Crippen molar-refractivity contribution in [3.63, 3.8) is 0 Å². The van der Waals surface area contributed by atoms with E-state index in [9.17, 15) is 36.6 Å². The summed E-state index contributed by atoms with van der Waals surface area (Å²) in [4.78, 5) is 23.4. The molecule has 5 atom stereocenters. The Kier molecular flexibility index (Phi) is 5.98. The highest BCUT2D eigenvalue weighted by atomic mass is 19.4. The number of benzene rings is 1. The lowest BCUT2D eigenvalue weighted by Gasteiger charge is -2.56. The number of carbonyl (C=O) groups excluding carboxylic acids is 2. The number of ketones is 1. The molecular formula is C28H29F5O4. The highest BCUT2D eigenvalue weighted by Crippen LogP contribution is 2.70. The number of alkyl halides is 5. The van der Waals surface area contributed by atoms with Gasteiger partial charge in [0.1, 0.15) is 11.4 Å². The zero-order chi connectivity index (χ0) is 27.0. The number of carbonyl (C=O) groups is 2. The molecule has 1 N–H and O–H groups in total. The fourth-order valence-corrected chi connectivity index (χ4v) is 7.65. The molecule has 0 heterocycles. The van der Waals surface area contributed by atoms with E-state index in [-0.39, 0.29) is 24.5 Å². The van der Waals surface area contributed by atoms with Crippen molar-refractivity contribution in [1.29, 1.82) is 0 Å². The van der Waals surface area contributed by atoms with Crippen LogP contribution in [0.3, 0.4) is 0 Å². The molecular weight excluding hydrogens is 495 g/mol. The van der Waals surface area contributed by atoms with Gasteiger partial charge in [-0.15, -0.1) is 0 Å². The Morgan fingerprint density at radius 2 is 1.73 bits per heavy atom. The molecule has 200 valence electrons. The lowest BCUT2D eigenvalue weighted by atomic mass is 9.50. The largest absolute Gasteiger partial charge is 0.456 e. The molecule has 0 aromatic heterocycles. The van der Waals surface area contributed by atoms with Crippen molar-refractivity contribution in [2.45, 2.75) is 82.4 Å². The lowest BCUT2D eigenvalue weighted by molar-refractivity contribution is -0.362. The minimum absolute atomic E-state index is 0.0285. The van der Waals surface area contributed by atoms with Crippen LogP contribution in [-0.4, -0.2) is 34.6 Å². The summed E-state index contributed by atoms with van der Waals surface area (Å²) in [6.07, 6.45) is -3.01. The Bertz CT molecular complexity index is 1200. The molecule has 9 heteroatoms. The summed E-state index contributed by atoms with van der Waals surface area (Å²) in [5, 5.41) is 11.3. The standard InChI is InChI=1S/C28H29F5O4/c1-15(34)37-19-7-3-16(4-8-19)22-14-25(2)23(11-12-26(25,36)27(29,30)28(31,32)33)21-9-5-17-13-18(35)6-10-20(17)24(21)22/h3-4,7-8,13,21-23,36H,5-6,9-12,14H2,1-2H3/t21-,22+,23-,25-,26-/m0/s1. The fourth-order valence-electron chi connectivity index (χ4n) is 7.65. The third kappa shape index (κ3) is 3.79. The first-order valence-electron chi connectivity index (χ1n) is 12.6. The van der Waals surface area contributed by atoms with Gasteiger partial charge in [0.25, 0.3) is 0 Å². The van der Waals surface area contributed by atoms with Crippen LogP contribution in [0.1, 0.15) is 70.3 Å². The van der Waals surface area contributed by atoms with Crippen molar-refractivity contribution in [3.05, 3.63) is 52.6 Å². The van der Waals surface area contributed by atoms with E-state index < -0.39 is 47.3 Å². The first kappa shape index (κ1) is 26.1. The average molecular weight is 525 g/mol. The highest BCUT2D eigenvalue weighted by Gasteiger charge is 2.79. The van der Waals surface area contributed by atoms with Gasteiger partial charge >= 0.3 is 18.1 Å². The first-order chi connectivity index (χ1) is 17.2. The van der Waals surface area contributed by atoms with E-state index in [1.807, 2.05) is 0 Å². The summed E-state index contributed by atoms with van der Waals surface area (Å²) < 4.78 is 75.9. The maximum Gasteiger partial charge on any atom is 0.456 e. The van der Waals surface area contributed by atoms with Crippen LogP contribution >= 0.6 is 0 Å². The second-order valence-electron chi connectivity index (χ2n) is 11.1. The Hall–Kier alpha value is -2.55. The molecule has 0 saturated heterocycles. The number of allylic oxidation sites excluding steroid dienone is 4. The molecule has 1 aromatic carbocycles. The van der Waals surface area contributed by atoms with Crippen LogP contribution in [0, 0.1) is 17.3 Å². The van der Waals surface area contributed by atoms with Gasteiger partial charge in [0, 0.05) is 24.7 Å². The number of ether oxygens (including phenoxy) is 1. The van der Waals surface area contributed by atoms with Crippen LogP contribution in [0.4, 0.5) is 22.0 Å². The number of hydrogen-bond donors (Lipinski definition) is 1. The monoisotopic (exact) mass is 524 g/mol. The first-order valence-corrected chi connectivity index (χ1v) is 12.6. The topological polar surface area (TPSA) is 63.6 Å². The molecule has 4 aliphatic carbocycles. The number of aliphatic hydroxyl groups is 1. The van der Waals surface area contributed by atoms with Crippen LogP contribution in [0.25, 0.3) is 0 Å². The Morgan fingerprint density at radius 3 is 2.35 bits per heavy atom. The van der Waals surface area contributed by atoms with Gasteiger partial charge < -0.3 is 9.84 Å². The Balaban J connectivity index is 1.66. The smallest absolute Gasteiger partial charge is 0.427 e. The van der Waals surface area contributed by atoms with Crippen LogP contribution in [0.2, 0.25) is 0 Å². The molecule has 0 spiro atoms. The van der Waals surface area contributed by atoms with Crippen molar-refractivity contribution >= 4 is 11.8 Å². The van der Waals surface area contributed by atoms with E-state index in [4.69, 9.17) is 4.74 Å². The molecule has 37 heavy (non-hydrogen) atoms. The molecule has 2 fully saturated rings. The molecule has 0 radical (unpaired) electrons. The fraction of sp³-hybridized carbons (Fsp3) is 0.571. The molecule has 4 nitrogen and oxygen atoms in total. The molecule has 0 bridgehead atoms. The van der Waals surface area contributed by atoms with Crippen LogP contribution in [-0.2, 0) is 9.59 Å². The normalized spacial score (nSPS) is 33.9. The van der Waals surface area contributed by atoms with Crippen molar-refractivity contribution in [2.75, 3.05) is 0 Å². The minimum Gasteiger partial charge on any atom is -0.427 e. The van der Waals surface area contributed by atoms with E-state index in [0.717, 1.165) is 16.7 Å².